The molecule has 0 aliphatic heterocycles. The summed E-state index contributed by atoms with van der Waals surface area (Å²) >= 11 is 0. The first-order valence-electron chi connectivity index (χ1n) is 18.1. The summed E-state index contributed by atoms with van der Waals surface area (Å²) in [5.74, 6) is 0. The van der Waals surface area contributed by atoms with Gasteiger partial charge in [-0.05, 0) is 79.4 Å². The van der Waals surface area contributed by atoms with Gasteiger partial charge in [-0.2, -0.15) is 0 Å². The minimum atomic E-state index is -2.88. The van der Waals surface area contributed by atoms with E-state index in [1.807, 2.05) is 207 Å². The topological polar surface area (TPSA) is 97.7 Å². The maximum atomic E-state index is 11.6. The highest BCUT2D eigenvalue weighted by atomic mass is 28.4. The van der Waals surface area contributed by atoms with Crippen LogP contribution in [-0.2, 0) is 12.8 Å². The molecule has 0 atom stereocenters. The minimum absolute atomic E-state index is 0. The SMILES string of the molecule is O.O[Si](c1ccccc1)(c1ccccc1)c1ccccc1.O[Si](c1ccccc1)(c1ccccc1)c1ccccc1.c1cc(CCc2ccncc2)ccn1. The van der Waals surface area contributed by atoms with Crippen LogP contribution in [-0.4, -0.2) is 41.7 Å². The first kappa shape index (κ1) is 40.1. The fourth-order valence-electron chi connectivity index (χ4n) is 6.46. The van der Waals surface area contributed by atoms with Gasteiger partial charge in [-0.1, -0.05) is 182 Å². The zero-order valence-corrected chi connectivity index (χ0v) is 32.6. The molecule has 0 saturated heterocycles. The molecule has 2 aromatic heterocycles. The van der Waals surface area contributed by atoms with E-state index in [-0.39, 0.29) is 5.48 Å². The van der Waals surface area contributed by atoms with Crippen molar-refractivity contribution >= 4 is 47.8 Å². The van der Waals surface area contributed by atoms with E-state index in [9.17, 15) is 9.59 Å². The number of aromatic nitrogens is 2. The minimum Gasteiger partial charge on any atom is -0.421 e. The van der Waals surface area contributed by atoms with Crippen molar-refractivity contribution in [3.63, 3.8) is 0 Å². The van der Waals surface area contributed by atoms with Crippen molar-refractivity contribution in [2.75, 3.05) is 0 Å². The van der Waals surface area contributed by atoms with Crippen LogP contribution in [0, 0.1) is 0 Å². The highest BCUT2D eigenvalue weighted by molar-refractivity contribution is 7.06. The Morgan fingerprint density at radius 3 is 0.655 bits per heavy atom. The second-order valence-corrected chi connectivity index (χ2v) is 19.1. The van der Waals surface area contributed by atoms with Gasteiger partial charge in [0, 0.05) is 24.8 Å². The van der Waals surface area contributed by atoms with E-state index in [2.05, 4.69) is 34.2 Å². The van der Waals surface area contributed by atoms with Crippen LogP contribution in [0.4, 0.5) is 0 Å². The molecule has 0 amide bonds. The number of nitrogens with zero attached hydrogens (tertiary/aromatic N) is 2. The van der Waals surface area contributed by atoms with Gasteiger partial charge in [0.1, 0.15) is 0 Å². The lowest BCUT2D eigenvalue weighted by atomic mass is 10.1. The molecule has 0 aliphatic carbocycles. The van der Waals surface area contributed by atoms with E-state index in [4.69, 9.17) is 0 Å². The largest absolute Gasteiger partial charge is 0.421 e. The fourth-order valence-corrected chi connectivity index (χ4v) is 12.5. The quantitative estimate of drug-likeness (QED) is 0.165. The summed E-state index contributed by atoms with van der Waals surface area (Å²) in [6.45, 7) is 0. The van der Waals surface area contributed by atoms with Crippen LogP contribution >= 0.6 is 0 Å². The molecule has 0 bridgehead atoms. The monoisotopic (exact) mass is 754 g/mol. The number of hydrogen-bond acceptors (Lipinski definition) is 4. The number of benzene rings is 6. The summed E-state index contributed by atoms with van der Waals surface area (Å²) in [6.07, 6.45) is 9.46. The summed E-state index contributed by atoms with van der Waals surface area (Å²) < 4.78 is 0. The molecule has 55 heavy (non-hydrogen) atoms. The normalized spacial score (nSPS) is 10.7. The van der Waals surface area contributed by atoms with Gasteiger partial charge >= 0.3 is 0 Å². The van der Waals surface area contributed by atoms with Gasteiger partial charge in [0.25, 0.3) is 16.6 Å². The lowest BCUT2D eigenvalue weighted by Gasteiger charge is -2.26. The molecular formula is C48H46N2O3Si2. The molecule has 2 heterocycles. The molecule has 8 aromatic rings. The molecule has 7 heteroatoms. The van der Waals surface area contributed by atoms with Gasteiger partial charge in [-0.3, -0.25) is 9.97 Å². The first-order valence-corrected chi connectivity index (χ1v) is 22.0. The second kappa shape index (κ2) is 20.4. The molecule has 0 aliphatic rings. The third-order valence-electron chi connectivity index (χ3n) is 9.35. The Morgan fingerprint density at radius 2 is 0.473 bits per heavy atom. The van der Waals surface area contributed by atoms with E-state index in [1.54, 1.807) is 0 Å². The van der Waals surface area contributed by atoms with Gasteiger partial charge < -0.3 is 15.1 Å². The molecule has 4 N–H and O–H groups in total. The van der Waals surface area contributed by atoms with E-state index >= 15 is 0 Å². The lowest BCUT2D eigenvalue weighted by Crippen LogP contribution is -2.67. The third-order valence-corrected chi connectivity index (χ3v) is 16.4. The average Bonchev–Trinajstić information content (AvgIpc) is 3.28. The van der Waals surface area contributed by atoms with E-state index < -0.39 is 16.6 Å². The second-order valence-electron chi connectivity index (χ2n) is 12.8. The van der Waals surface area contributed by atoms with Crippen LogP contribution < -0.4 is 31.1 Å². The summed E-state index contributed by atoms with van der Waals surface area (Å²) in [5, 5.41) is 6.07. The molecule has 8 rings (SSSR count). The van der Waals surface area contributed by atoms with Crippen molar-refractivity contribution in [3.05, 3.63) is 242 Å². The summed E-state index contributed by atoms with van der Waals surface area (Å²) in [4.78, 5) is 31.1. The molecule has 6 aromatic carbocycles. The maximum Gasteiger partial charge on any atom is 0.285 e. The summed E-state index contributed by atoms with van der Waals surface area (Å²) in [6, 6.07) is 68.2. The predicted octanol–water partition coefficient (Wildman–Crippen LogP) is 4.73. The highest BCUT2D eigenvalue weighted by Crippen LogP contribution is 2.07. The smallest absolute Gasteiger partial charge is 0.285 e. The Balaban J connectivity index is 0.000000160. The summed E-state index contributed by atoms with van der Waals surface area (Å²) in [5.41, 5.74) is 2.66. The van der Waals surface area contributed by atoms with Crippen LogP contribution in [0.25, 0.3) is 0 Å². The van der Waals surface area contributed by atoms with Crippen LogP contribution in [0.2, 0.25) is 0 Å². The number of aryl methyl sites for hydroxylation is 2. The molecule has 0 saturated carbocycles. The third kappa shape index (κ3) is 10.3. The Bertz CT molecular complexity index is 1860. The highest BCUT2D eigenvalue weighted by Gasteiger charge is 2.38. The van der Waals surface area contributed by atoms with Gasteiger partial charge in [-0.25, -0.2) is 0 Å². The Kier molecular flexibility index (Phi) is 14.9. The van der Waals surface area contributed by atoms with E-state index in [1.165, 1.54) is 11.1 Å². The molecule has 0 unspecified atom stereocenters. The van der Waals surface area contributed by atoms with Crippen LogP contribution in [0.3, 0.4) is 0 Å². The standard InChI is InChI=1S/2C18H16OSi.C12H12N2.H2O/c2*19-20(16-10-4-1-5-11-16,17-12-6-2-7-13-17)18-14-8-3-9-15-18;1(11-3-7-13-8-4-11)2-12-5-9-14-10-6-12;/h2*1-15,19H;3-10H,1-2H2;1H2. The van der Waals surface area contributed by atoms with Crippen molar-refractivity contribution in [2.24, 2.45) is 0 Å². The molecule has 0 fully saturated rings. The van der Waals surface area contributed by atoms with Crippen LogP contribution in [0.5, 0.6) is 0 Å². The van der Waals surface area contributed by atoms with Gasteiger partial charge in [0.05, 0.1) is 0 Å². The fraction of sp³-hybridized carbons (Fsp3) is 0.0417. The average molecular weight is 755 g/mol. The molecule has 274 valence electrons. The zero-order valence-electron chi connectivity index (χ0n) is 30.6. The van der Waals surface area contributed by atoms with E-state index in [0.29, 0.717) is 0 Å². The van der Waals surface area contributed by atoms with Crippen LogP contribution in [0.1, 0.15) is 11.1 Å². The lowest BCUT2D eigenvalue weighted by molar-refractivity contribution is 0.582. The van der Waals surface area contributed by atoms with Crippen molar-refractivity contribution < 1.29 is 15.1 Å². The molecule has 5 nitrogen and oxygen atoms in total. The van der Waals surface area contributed by atoms with Gasteiger partial charge in [0.2, 0.25) is 0 Å². The predicted molar refractivity (Wildman–Crippen MR) is 232 cm³/mol. The van der Waals surface area contributed by atoms with Crippen molar-refractivity contribution in [1.82, 2.24) is 9.97 Å². The van der Waals surface area contributed by atoms with Gasteiger partial charge in [0.15, 0.2) is 0 Å². The molecule has 0 radical (unpaired) electrons. The van der Waals surface area contributed by atoms with Crippen molar-refractivity contribution in [3.8, 4) is 0 Å². The first-order chi connectivity index (χ1) is 26.6. The van der Waals surface area contributed by atoms with Crippen molar-refractivity contribution in [1.29, 1.82) is 0 Å². The van der Waals surface area contributed by atoms with Gasteiger partial charge in [-0.15, -0.1) is 0 Å². The number of pyridine rings is 2. The number of rotatable bonds is 9. The number of hydrogen-bond donors (Lipinski definition) is 2. The zero-order chi connectivity index (χ0) is 37.3. The van der Waals surface area contributed by atoms with E-state index in [0.717, 1.165) is 44.0 Å². The Labute approximate surface area is 326 Å². The van der Waals surface area contributed by atoms with Crippen molar-refractivity contribution in [2.45, 2.75) is 12.8 Å². The molecule has 0 spiro atoms. The molecular weight excluding hydrogens is 709 g/mol. The maximum absolute atomic E-state index is 11.6. The van der Waals surface area contributed by atoms with Crippen LogP contribution in [0.15, 0.2) is 231 Å². The summed E-state index contributed by atoms with van der Waals surface area (Å²) in [7, 11) is -5.76. The Hall–Kier alpha value is -6.07. The Morgan fingerprint density at radius 1 is 0.291 bits per heavy atom.